The summed E-state index contributed by atoms with van der Waals surface area (Å²) in [5.41, 5.74) is 0. The van der Waals surface area contributed by atoms with Gasteiger partial charge in [-0.1, -0.05) is 4.49 Å². The first-order valence-corrected chi connectivity index (χ1v) is 5.83. The third-order valence-corrected chi connectivity index (χ3v) is 3.12. The fraction of sp³-hybridized carbons (Fsp3) is 0.556. The van der Waals surface area contributed by atoms with Crippen molar-refractivity contribution in [1.82, 2.24) is 14.5 Å². The lowest BCUT2D eigenvalue weighted by Crippen LogP contribution is -2.49. The van der Waals surface area contributed by atoms with Crippen LogP contribution >= 0.6 is 11.5 Å². The number of carbonyl (C=O) groups excluding carboxylic acids is 1. The molecule has 2 heterocycles. The van der Waals surface area contributed by atoms with E-state index in [-0.39, 0.29) is 18.9 Å². The van der Waals surface area contributed by atoms with E-state index in [0.717, 1.165) is 11.5 Å². The van der Waals surface area contributed by atoms with Gasteiger partial charge in [-0.05, 0) is 11.5 Å². The third-order valence-electron chi connectivity index (χ3n) is 2.47. The number of amides is 1. The molecule has 1 aromatic heterocycles. The number of hydrogen-bond acceptors (Lipinski definition) is 6. The zero-order valence-electron chi connectivity index (χ0n) is 8.90. The van der Waals surface area contributed by atoms with Gasteiger partial charge in [0, 0.05) is 6.54 Å². The number of aliphatic carboxylic acids is 1. The summed E-state index contributed by atoms with van der Waals surface area (Å²) in [4.78, 5) is 24.7. The first-order chi connectivity index (χ1) is 8.18. The molecule has 1 fully saturated rings. The maximum atomic E-state index is 12.1. The molecule has 1 amide bonds. The Morgan fingerprint density at radius 2 is 2.47 bits per heavy atom. The van der Waals surface area contributed by atoms with Crippen molar-refractivity contribution in [2.24, 2.45) is 0 Å². The standard InChI is InChI=1S/C9H11N3O4S/c13-8(14)3-6-5-16-2-1-12(6)9(15)7-4-10-11-17-7/h4,6H,1-3,5H2,(H,13,14). The SMILES string of the molecule is O=C(O)CC1COCCN1C(=O)c1cnns1. The summed E-state index contributed by atoms with van der Waals surface area (Å²) >= 11 is 1.01. The molecule has 7 nitrogen and oxygen atoms in total. The van der Waals surface area contributed by atoms with Gasteiger partial charge in [0.2, 0.25) is 0 Å². The van der Waals surface area contributed by atoms with Gasteiger partial charge in [-0.3, -0.25) is 9.59 Å². The lowest BCUT2D eigenvalue weighted by Gasteiger charge is -2.34. The Morgan fingerprint density at radius 1 is 1.65 bits per heavy atom. The summed E-state index contributed by atoms with van der Waals surface area (Å²) in [6.45, 7) is 1.08. The minimum Gasteiger partial charge on any atom is -0.481 e. The van der Waals surface area contributed by atoms with Gasteiger partial charge in [-0.25, -0.2) is 0 Å². The van der Waals surface area contributed by atoms with E-state index in [1.807, 2.05) is 0 Å². The van der Waals surface area contributed by atoms with Crippen LogP contribution in [0.4, 0.5) is 0 Å². The van der Waals surface area contributed by atoms with Crippen molar-refractivity contribution in [3.05, 3.63) is 11.1 Å². The van der Waals surface area contributed by atoms with Crippen LogP contribution in [0.25, 0.3) is 0 Å². The van der Waals surface area contributed by atoms with Crippen molar-refractivity contribution in [3.8, 4) is 0 Å². The molecule has 0 spiro atoms. The monoisotopic (exact) mass is 257 g/mol. The minimum absolute atomic E-state index is 0.113. The Labute approximate surface area is 101 Å². The van der Waals surface area contributed by atoms with E-state index < -0.39 is 12.0 Å². The number of carboxylic acid groups (broad SMARTS) is 1. The molecular formula is C9H11N3O4S. The Bertz CT molecular complexity index is 408. The highest BCUT2D eigenvalue weighted by Gasteiger charge is 2.30. The molecular weight excluding hydrogens is 246 g/mol. The van der Waals surface area contributed by atoms with E-state index in [1.165, 1.54) is 11.1 Å². The van der Waals surface area contributed by atoms with Crippen LogP contribution < -0.4 is 0 Å². The quantitative estimate of drug-likeness (QED) is 0.809. The van der Waals surface area contributed by atoms with Crippen molar-refractivity contribution < 1.29 is 19.4 Å². The zero-order valence-corrected chi connectivity index (χ0v) is 9.72. The van der Waals surface area contributed by atoms with E-state index in [4.69, 9.17) is 9.84 Å². The number of nitrogens with zero attached hydrogens (tertiary/aromatic N) is 3. The van der Waals surface area contributed by atoms with E-state index in [2.05, 4.69) is 9.59 Å². The molecule has 1 atom stereocenters. The number of carbonyl (C=O) groups is 2. The Hall–Kier alpha value is -1.54. The molecule has 1 aromatic rings. The Morgan fingerprint density at radius 3 is 3.12 bits per heavy atom. The minimum atomic E-state index is -0.944. The number of aromatic nitrogens is 2. The number of hydrogen-bond donors (Lipinski definition) is 1. The second-order valence-electron chi connectivity index (χ2n) is 3.61. The largest absolute Gasteiger partial charge is 0.481 e. The van der Waals surface area contributed by atoms with E-state index in [0.29, 0.717) is 18.0 Å². The van der Waals surface area contributed by atoms with Crippen molar-refractivity contribution in [1.29, 1.82) is 0 Å². The summed E-state index contributed by atoms with van der Waals surface area (Å²) in [5, 5.41) is 12.4. The number of morpholine rings is 1. The van der Waals surface area contributed by atoms with Crippen LogP contribution in [-0.2, 0) is 9.53 Å². The summed E-state index contributed by atoms with van der Waals surface area (Å²) in [6, 6.07) is -0.421. The molecule has 1 aliphatic heterocycles. The molecule has 0 aromatic carbocycles. The number of rotatable bonds is 3. The Balaban J connectivity index is 2.10. The summed E-state index contributed by atoms with van der Waals surface area (Å²) in [6.07, 6.45) is 1.28. The predicted molar refractivity (Wildman–Crippen MR) is 57.8 cm³/mol. The lowest BCUT2D eigenvalue weighted by molar-refractivity contribution is -0.139. The second-order valence-corrected chi connectivity index (χ2v) is 4.39. The van der Waals surface area contributed by atoms with Gasteiger partial charge < -0.3 is 14.7 Å². The molecule has 0 radical (unpaired) electrons. The molecule has 92 valence electrons. The Kier molecular flexibility index (Phi) is 3.64. The molecule has 0 aliphatic carbocycles. The van der Waals surface area contributed by atoms with Crippen molar-refractivity contribution in [3.63, 3.8) is 0 Å². The lowest BCUT2D eigenvalue weighted by atomic mass is 10.1. The highest BCUT2D eigenvalue weighted by molar-refractivity contribution is 7.07. The molecule has 17 heavy (non-hydrogen) atoms. The van der Waals surface area contributed by atoms with Crippen LogP contribution in [0.3, 0.4) is 0 Å². The fourth-order valence-electron chi connectivity index (χ4n) is 1.70. The van der Waals surface area contributed by atoms with E-state index in [9.17, 15) is 9.59 Å². The van der Waals surface area contributed by atoms with Gasteiger partial charge in [0.15, 0.2) is 0 Å². The van der Waals surface area contributed by atoms with Crippen LogP contribution in [-0.4, -0.2) is 57.3 Å². The smallest absolute Gasteiger partial charge is 0.305 e. The van der Waals surface area contributed by atoms with Gasteiger partial charge in [-0.15, -0.1) is 5.10 Å². The molecule has 1 unspecified atom stereocenters. The predicted octanol–water partition coefficient (Wildman–Crippen LogP) is -0.146. The van der Waals surface area contributed by atoms with Crippen LogP contribution in [0.2, 0.25) is 0 Å². The summed E-state index contributed by atoms with van der Waals surface area (Å²) in [5.74, 6) is -1.17. The molecule has 8 heteroatoms. The molecule has 1 saturated heterocycles. The van der Waals surface area contributed by atoms with Crippen LogP contribution in [0, 0.1) is 0 Å². The topological polar surface area (TPSA) is 92.6 Å². The molecule has 2 rings (SSSR count). The molecule has 0 bridgehead atoms. The average molecular weight is 257 g/mol. The van der Waals surface area contributed by atoms with Gasteiger partial charge in [-0.2, -0.15) is 0 Å². The van der Waals surface area contributed by atoms with Gasteiger partial charge >= 0.3 is 5.97 Å². The van der Waals surface area contributed by atoms with E-state index >= 15 is 0 Å². The first-order valence-electron chi connectivity index (χ1n) is 5.06. The highest BCUT2D eigenvalue weighted by atomic mass is 32.1. The normalized spacial score (nSPS) is 20.2. The summed E-state index contributed by atoms with van der Waals surface area (Å²) < 4.78 is 8.82. The van der Waals surface area contributed by atoms with Crippen molar-refractivity contribution in [2.75, 3.05) is 19.8 Å². The van der Waals surface area contributed by atoms with Gasteiger partial charge in [0.1, 0.15) is 4.88 Å². The maximum Gasteiger partial charge on any atom is 0.305 e. The zero-order chi connectivity index (χ0) is 12.3. The summed E-state index contributed by atoms with van der Waals surface area (Å²) in [7, 11) is 0. The third kappa shape index (κ3) is 2.77. The first kappa shape index (κ1) is 11.9. The highest BCUT2D eigenvalue weighted by Crippen LogP contribution is 2.16. The molecule has 1 aliphatic rings. The maximum absolute atomic E-state index is 12.1. The average Bonchev–Trinajstić information content (AvgIpc) is 2.81. The van der Waals surface area contributed by atoms with E-state index in [1.54, 1.807) is 0 Å². The molecule has 1 N–H and O–H groups in total. The molecule has 0 saturated carbocycles. The van der Waals surface area contributed by atoms with Crippen LogP contribution in [0.1, 0.15) is 16.1 Å². The van der Waals surface area contributed by atoms with Crippen molar-refractivity contribution in [2.45, 2.75) is 12.5 Å². The number of ether oxygens (including phenoxy) is 1. The second kappa shape index (κ2) is 5.19. The van der Waals surface area contributed by atoms with Gasteiger partial charge in [0.05, 0.1) is 31.9 Å². The van der Waals surface area contributed by atoms with Gasteiger partial charge in [0.25, 0.3) is 5.91 Å². The van der Waals surface area contributed by atoms with Crippen LogP contribution in [0.15, 0.2) is 6.20 Å². The number of carboxylic acids is 1. The van der Waals surface area contributed by atoms with Crippen LogP contribution in [0.5, 0.6) is 0 Å². The van der Waals surface area contributed by atoms with Crippen molar-refractivity contribution >= 4 is 23.4 Å². The fourth-order valence-corrected chi connectivity index (χ4v) is 2.17.